The van der Waals surface area contributed by atoms with E-state index in [9.17, 15) is 9.90 Å². The van der Waals surface area contributed by atoms with Crippen molar-refractivity contribution in [1.29, 1.82) is 0 Å². The van der Waals surface area contributed by atoms with E-state index in [2.05, 4.69) is 4.98 Å². The van der Waals surface area contributed by atoms with E-state index in [0.717, 1.165) is 31.2 Å². The average molecular weight is 318 g/mol. The number of nitrogens with zero attached hydrogens (tertiary/aromatic N) is 2. The van der Waals surface area contributed by atoms with E-state index in [1.807, 2.05) is 24.0 Å². The predicted octanol–water partition coefficient (Wildman–Crippen LogP) is 1.94. The summed E-state index contributed by atoms with van der Waals surface area (Å²) < 4.78 is 6.04. The van der Waals surface area contributed by atoms with Crippen LogP contribution in [0.1, 0.15) is 44.6 Å². The van der Waals surface area contributed by atoms with Crippen molar-refractivity contribution < 1.29 is 14.6 Å². The molecule has 2 saturated heterocycles. The molecule has 5 nitrogen and oxygen atoms in total. The zero-order valence-corrected chi connectivity index (χ0v) is 13.8. The van der Waals surface area contributed by atoms with Crippen LogP contribution in [-0.2, 0) is 16.0 Å². The third-order valence-electron chi connectivity index (χ3n) is 5.39. The Balaban J connectivity index is 1.57. The third kappa shape index (κ3) is 3.72. The molecule has 1 amide bonds. The lowest BCUT2D eigenvalue weighted by Crippen LogP contribution is -2.55. The van der Waals surface area contributed by atoms with Gasteiger partial charge in [0.25, 0.3) is 0 Å². The summed E-state index contributed by atoms with van der Waals surface area (Å²) in [5, 5.41) is 10.6. The fourth-order valence-corrected chi connectivity index (χ4v) is 3.77. The van der Waals surface area contributed by atoms with Crippen LogP contribution in [0.15, 0.2) is 24.5 Å². The van der Waals surface area contributed by atoms with Crippen LogP contribution in [-0.4, -0.2) is 51.8 Å². The van der Waals surface area contributed by atoms with E-state index in [0.29, 0.717) is 32.5 Å². The summed E-state index contributed by atoms with van der Waals surface area (Å²) in [6, 6.07) is 3.79. The maximum Gasteiger partial charge on any atom is 0.227 e. The number of amides is 1. The van der Waals surface area contributed by atoms with Crippen LogP contribution in [0.2, 0.25) is 0 Å². The Labute approximate surface area is 137 Å². The van der Waals surface area contributed by atoms with Gasteiger partial charge in [0, 0.05) is 31.9 Å². The topological polar surface area (TPSA) is 62.7 Å². The smallest absolute Gasteiger partial charge is 0.227 e. The number of piperidine rings is 1. The molecular weight excluding hydrogens is 292 g/mol. The monoisotopic (exact) mass is 318 g/mol. The first-order valence-corrected chi connectivity index (χ1v) is 8.57. The molecule has 0 aliphatic carbocycles. The lowest BCUT2D eigenvalue weighted by molar-refractivity contribution is -0.181. The van der Waals surface area contributed by atoms with E-state index in [1.165, 1.54) is 0 Å². The second-order valence-corrected chi connectivity index (χ2v) is 6.95. The summed E-state index contributed by atoms with van der Waals surface area (Å²) in [4.78, 5) is 18.4. The lowest BCUT2D eigenvalue weighted by Gasteiger charge is -2.49. The molecule has 0 aromatic carbocycles. The molecule has 1 atom stereocenters. The molecule has 2 fully saturated rings. The van der Waals surface area contributed by atoms with Crippen LogP contribution >= 0.6 is 0 Å². The van der Waals surface area contributed by atoms with Gasteiger partial charge in [-0.15, -0.1) is 0 Å². The molecule has 1 aromatic heterocycles. The second-order valence-electron chi connectivity index (χ2n) is 6.95. The van der Waals surface area contributed by atoms with Crippen molar-refractivity contribution in [2.24, 2.45) is 0 Å². The Morgan fingerprint density at radius 1 is 1.39 bits per heavy atom. The molecule has 1 aromatic rings. The van der Waals surface area contributed by atoms with Crippen molar-refractivity contribution in [1.82, 2.24) is 9.88 Å². The first-order chi connectivity index (χ1) is 11.0. The molecule has 0 radical (unpaired) electrons. The number of hydrogen-bond donors (Lipinski definition) is 1. The van der Waals surface area contributed by atoms with Gasteiger partial charge in [0.05, 0.1) is 24.2 Å². The number of ether oxygens (including phenoxy) is 1. The molecule has 126 valence electrons. The van der Waals surface area contributed by atoms with Gasteiger partial charge >= 0.3 is 0 Å². The molecule has 0 bridgehead atoms. The highest BCUT2D eigenvalue weighted by Crippen LogP contribution is 2.40. The molecule has 1 spiro atoms. The quantitative estimate of drug-likeness (QED) is 0.925. The third-order valence-corrected chi connectivity index (χ3v) is 5.39. The number of aromatic nitrogens is 1. The highest BCUT2D eigenvalue weighted by atomic mass is 16.5. The number of aliphatic hydroxyl groups is 1. The van der Waals surface area contributed by atoms with Crippen LogP contribution in [0.25, 0.3) is 0 Å². The lowest BCUT2D eigenvalue weighted by atomic mass is 9.76. The maximum absolute atomic E-state index is 12.4. The number of pyridine rings is 1. The Bertz CT molecular complexity index is 540. The molecular formula is C18H26N2O3. The fourth-order valence-electron chi connectivity index (χ4n) is 3.77. The van der Waals surface area contributed by atoms with Gasteiger partial charge in [0.1, 0.15) is 0 Å². The zero-order valence-electron chi connectivity index (χ0n) is 13.8. The van der Waals surface area contributed by atoms with Crippen molar-refractivity contribution >= 4 is 5.91 Å². The summed E-state index contributed by atoms with van der Waals surface area (Å²) in [5.41, 5.74) is 0.112. The first-order valence-electron chi connectivity index (χ1n) is 8.57. The molecule has 5 heteroatoms. The van der Waals surface area contributed by atoms with E-state index >= 15 is 0 Å². The van der Waals surface area contributed by atoms with Crippen molar-refractivity contribution in [2.45, 2.75) is 56.7 Å². The summed E-state index contributed by atoms with van der Waals surface area (Å²) in [6.07, 6.45) is 7.67. The van der Waals surface area contributed by atoms with Gasteiger partial charge in [0.15, 0.2) is 0 Å². The summed E-state index contributed by atoms with van der Waals surface area (Å²) in [5.74, 6) is 0.148. The molecule has 23 heavy (non-hydrogen) atoms. The number of hydrogen-bond acceptors (Lipinski definition) is 4. The van der Waals surface area contributed by atoms with Crippen molar-refractivity contribution in [3.63, 3.8) is 0 Å². The number of carbonyl (C=O) groups excluding carboxylic acids is 1. The van der Waals surface area contributed by atoms with E-state index in [1.54, 1.807) is 12.4 Å². The second kappa shape index (κ2) is 6.57. The molecule has 0 saturated carbocycles. The van der Waals surface area contributed by atoms with E-state index in [4.69, 9.17) is 4.74 Å². The summed E-state index contributed by atoms with van der Waals surface area (Å²) in [6.45, 7) is 4.07. The highest BCUT2D eigenvalue weighted by molar-refractivity contribution is 5.78. The standard InChI is InChI=1S/C18H26N2O3/c1-2-17(22)7-11-23-18(14-17)5-9-20(10-6-18)16(21)12-15-4-3-8-19-13-15/h3-4,8,13,22H,2,5-7,9-12,14H2,1H3. The number of rotatable bonds is 3. The average Bonchev–Trinajstić information content (AvgIpc) is 2.56. The first kappa shape index (κ1) is 16.4. The minimum atomic E-state index is -0.597. The zero-order chi connectivity index (χ0) is 16.3. The minimum absolute atomic E-state index is 0.148. The predicted molar refractivity (Wildman–Crippen MR) is 86.9 cm³/mol. The Hall–Kier alpha value is -1.46. The van der Waals surface area contributed by atoms with Crippen LogP contribution in [0.3, 0.4) is 0 Å². The molecule has 2 aliphatic heterocycles. The summed E-state index contributed by atoms with van der Waals surface area (Å²) in [7, 11) is 0. The van der Waals surface area contributed by atoms with E-state index in [-0.39, 0.29) is 11.5 Å². The van der Waals surface area contributed by atoms with Crippen molar-refractivity contribution in [3.05, 3.63) is 30.1 Å². The van der Waals surface area contributed by atoms with Crippen molar-refractivity contribution in [3.8, 4) is 0 Å². The van der Waals surface area contributed by atoms with Gasteiger partial charge in [0.2, 0.25) is 5.91 Å². The molecule has 3 rings (SSSR count). The van der Waals surface area contributed by atoms with Gasteiger partial charge in [-0.25, -0.2) is 0 Å². The van der Waals surface area contributed by atoms with Crippen LogP contribution in [0, 0.1) is 0 Å². The van der Waals surface area contributed by atoms with Gasteiger partial charge < -0.3 is 14.7 Å². The van der Waals surface area contributed by atoms with Crippen LogP contribution < -0.4 is 0 Å². The molecule has 1 N–H and O–H groups in total. The van der Waals surface area contributed by atoms with E-state index < -0.39 is 5.60 Å². The highest BCUT2D eigenvalue weighted by Gasteiger charge is 2.46. The largest absolute Gasteiger partial charge is 0.390 e. The SMILES string of the molecule is CCC1(O)CCOC2(CCN(C(=O)Cc3cccnc3)CC2)C1. The van der Waals surface area contributed by atoms with Gasteiger partial charge in [-0.3, -0.25) is 9.78 Å². The van der Waals surface area contributed by atoms with Gasteiger partial charge in [-0.2, -0.15) is 0 Å². The Morgan fingerprint density at radius 2 is 2.17 bits per heavy atom. The Kier molecular flexibility index (Phi) is 4.69. The fraction of sp³-hybridized carbons (Fsp3) is 0.667. The van der Waals surface area contributed by atoms with Gasteiger partial charge in [-0.1, -0.05) is 13.0 Å². The van der Waals surface area contributed by atoms with Gasteiger partial charge in [-0.05, 0) is 37.3 Å². The molecule has 3 heterocycles. The molecule has 1 unspecified atom stereocenters. The summed E-state index contributed by atoms with van der Waals surface area (Å²) >= 11 is 0. The number of likely N-dealkylation sites (tertiary alicyclic amines) is 1. The minimum Gasteiger partial charge on any atom is -0.390 e. The van der Waals surface area contributed by atoms with Crippen LogP contribution in [0.4, 0.5) is 0 Å². The van der Waals surface area contributed by atoms with Crippen molar-refractivity contribution in [2.75, 3.05) is 19.7 Å². The number of carbonyl (C=O) groups is 1. The normalized spacial score (nSPS) is 27.1. The maximum atomic E-state index is 12.4. The van der Waals surface area contributed by atoms with Crippen LogP contribution in [0.5, 0.6) is 0 Å². The molecule has 2 aliphatic rings. The Morgan fingerprint density at radius 3 is 2.83 bits per heavy atom.